The van der Waals surface area contributed by atoms with Gasteiger partial charge >= 0.3 is 13.6 Å². The highest BCUT2D eigenvalue weighted by atomic mass is 31.2. The molecular weight excluding hydrogens is 415 g/mol. The maximum Gasteiger partial charge on any atom is 0.342 e. The third-order valence-electron chi connectivity index (χ3n) is 2.79. The number of hydrogen-bond acceptors (Lipinski definition) is 6. The van der Waals surface area contributed by atoms with Crippen molar-refractivity contribution in [3.8, 4) is 0 Å². The summed E-state index contributed by atoms with van der Waals surface area (Å²) in [4.78, 5) is 12.6. The van der Waals surface area contributed by atoms with E-state index in [9.17, 15) is 9.36 Å². The number of carbonyl (C=O) groups is 1. The van der Waals surface area contributed by atoms with E-state index in [1.807, 2.05) is 58.9 Å². The molecule has 0 aromatic heterocycles. The maximum atomic E-state index is 14.2. The molecule has 0 N–H and O–H groups in total. The minimum Gasteiger partial charge on any atom is -0.460 e. The molecule has 0 saturated carbocycles. The van der Waals surface area contributed by atoms with Crippen LogP contribution in [0.5, 0.6) is 0 Å². The molecule has 0 aliphatic carbocycles. The molecule has 0 aliphatic rings. The van der Waals surface area contributed by atoms with Crippen LogP contribution in [0, 0.1) is 0 Å². The van der Waals surface area contributed by atoms with Gasteiger partial charge in [0.05, 0.1) is 6.42 Å². The largest absolute Gasteiger partial charge is 0.460 e. The predicted octanol–water partition coefficient (Wildman–Crippen LogP) is 6.18. The highest BCUT2D eigenvalue weighted by Crippen LogP contribution is 2.65. The first-order valence-electron chi connectivity index (χ1n) is 9.41. The molecule has 1 atom stereocenters. The lowest BCUT2D eigenvalue weighted by molar-refractivity contribution is -0.157. The van der Waals surface area contributed by atoms with Crippen LogP contribution < -0.4 is 0 Å². The van der Waals surface area contributed by atoms with Gasteiger partial charge in [-0.05, 0) is 86.6 Å². The van der Waals surface area contributed by atoms with Crippen LogP contribution in [0.25, 0.3) is 0 Å². The van der Waals surface area contributed by atoms with Gasteiger partial charge in [-0.15, -0.1) is 0 Å². The zero-order valence-electron chi connectivity index (χ0n) is 19.6. The van der Waals surface area contributed by atoms with E-state index in [0.29, 0.717) is 0 Å². The fraction of sp³-hybridized carbons (Fsp3) is 0.941. The average molecular weight is 457 g/mol. The van der Waals surface area contributed by atoms with Gasteiger partial charge in [0.1, 0.15) is 5.60 Å². The molecule has 27 heavy (non-hydrogen) atoms. The van der Waals surface area contributed by atoms with Gasteiger partial charge in [-0.25, -0.2) is 0 Å². The van der Waals surface area contributed by atoms with Gasteiger partial charge in [0.25, 0.3) is 0 Å². The van der Waals surface area contributed by atoms with Gasteiger partial charge in [-0.2, -0.15) is 0 Å². The van der Waals surface area contributed by atoms with Gasteiger partial charge in [0.15, 0.2) is 30.3 Å². The van der Waals surface area contributed by atoms with Crippen molar-refractivity contribution in [1.29, 1.82) is 0 Å². The van der Waals surface area contributed by atoms with E-state index in [2.05, 4.69) is 0 Å². The lowest BCUT2D eigenvalue weighted by Gasteiger charge is -2.44. The molecule has 6 nitrogen and oxygen atoms in total. The summed E-state index contributed by atoms with van der Waals surface area (Å²) in [6.45, 7) is 24.8. The summed E-state index contributed by atoms with van der Waals surface area (Å²) in [6, 6.07) is 0. The highest BCUT2D eigenvalue weighted by Gasteiger charge is 2.55. The van der Waals surface area contributed by atoms with Crippen LogP contribution in [-0.4, -0.2) is 41.9 Å². The topological polar surface area (TPSA) is 71.1 Å². The van der Waals surface area contributed by atoms with Crippen molar-refractivity contribution in [2.75, 3.05) is 0 Å². The Morgan fingerprint density at radius 1 is 0.778 bits per heavy atom. The fourth-order valence-corrected chi connectivity index (χ4v) is 13.2. The maximum absolute atomic E-state index is 14.2. The third kappa shape index (κ3) is 11.1. The molecule has 0 heterocycles. The average Bonchev–Trinajstić information content (AvgIpc) is 2.15. The van der Waals surface area contributed by atoms with Crippen molar-refractivity contribution in [3.05, 3.63) is 0 Å². The van der Waals surface area contributed by atoms with Gasteiger partial charge in [0, 0.05) is 0 Å². The van der Waals surface area contributed by atoms with Crippen LogP contribution in [-0.2, 0) is 26.9 Å². The monoisotopic (exact) mass is 456 g/mol. The summed E-state index contributed by atoms with van der Waals surface area (Å²) in [5, 5.41) is -1.39. The highest BCUT2D eigenvalue weighted by molar-refractivity contribution is 7.58. The van der Waals surface area contributed by atoms with Crippen molar-refractivity contribution in [3.63, 3.8) is 0 Å². The first kappa shape index (κ1) is 27.2. The Kier molecular flexibility index (Phi) is 8.61. The molecule has 10 heteroatoms. The molecule has 0 saturated heterocycles. The minimum absolute atomic E-state index is 0.180. The minimum atomic E-state index is -3.77. The van der Waals surface area contributed by atoms with Crippen LogP contribution in [0.2, 0.25) is 58.9 Å². The Morgan fingerprint density at radius 2 is 1.15 bits per heavy atom. The Labute approximate surface area is 169 Å². The van der Waals surface area contributed by atoms with Crippen molar-refractivity contribution < 1.29 is 26.9 Å². The van der Waals surface area contributed by atoms with E-state index in [-0.39, 0.29) is 6.42 Å². The second-order valence-corrected chi connectivity index (χ2v) is 27.3. The Morgan fingerprint density at radius 3 is 1.41 bits per heavy atom. The fourth-order valence-electron chi connectivity index (χ4n) is 2.43. The Balaban J connectivity index is 6.21. The second-order valence-electron chi connectivity index (χ2n) is 11.1. The van der Waals surface area contributed by atoms with Crippen LogP contribution in [0.15, 0.2) is 0 Å². The van der Waals surface area contributed by atoms with E-state index in [0.717, 1.165) is 0 Å². The SMILES string of the molecule is CC(C)(C)OC(=O)CC(C)(O[Si](C)(C)C)P(=O)(O[Si](C)(C)C)O[Si](C)(C)C. The van der Waals surface area contributed by atoms with E-state index in [4.69, 9.17) is 17.6 Å². The van der Waals surface area contributed by atoms with Crippen molar-refractivity contribution in [2.24, 2.45) is 0 Å². The standard InChI is InChI=1S/C17H41O6PSi3/c1-16(2,3)20-15(18)14-17(4,21-25(5,6)7)24(19,22-26(8,9)10)23-27(11,12)13/h14H2,1-13H3. The summed E-state index contributed by atoms with van der Waals surface area (Å²) in [6.07, 6.45) is -0.180. The summed E-state index contributed by atoms with van der Waals surface area (Å²) in [7, 11) is -10.5. The second kappa shape index (κ2) is 8.54. The lowest BCUT2D eigenvalue weighted by Crippen LogP contribution is -2.47. The first-order valence-corrected chi connectivity index (χ1v) is 21.2. The van der Waals surface area contributed by atoms with Gasteiger partial charge in [-0.1, -0.05) is 0 Å². The number of esters is 1. The number of carbonyl (C=O) groups excluding carboxylic acids is 1. The van der Waals surface area contributed by atoms with Crippen LogP contribution >= 0.6 is 7.60 Å². The van der Waals surface area contributed by atoms with Gasteiger partial charge < -0.3 is 17.6 Å². The number of ether oxygens (including phenoxy) is 1. The summed E-state index contributed by atoms with van der Waals surface area (Å²) in [5.41, 5.74) is -0.638. The predicted molar refractivity (Wildman–Crippen MR) is 120 cm³/mol. The Hall–Kier alpha value is 0.231. The zero-order chi connectivity index (χ0) is 22.1. The van der Waals surface area contributed by atoms with E-state index in [1.54, 1.807) is 27.7 Å². The summed E-state index contributed by atoms with van der Waals surface area (Å²) >= 11 is 0. The first-order chi connectivity index (χ1) is 11.5. The molecule has 0 aliphatic heterocycles. The van der Waals surface area contributed by atoms with Crippen LogP contribution in [0.4, 0.5) is 0 Å². The Bertz CT molecular complexity index is 549. The quantitative estimate of drug-likeness (QED) is 0.234. The van der Waals surface area contributed by atoms with Gasteiger partial charge in [0.2, 0.25) is 0 Å². The molecular formula is C17H41O6PSi3. The molecule has 0 spiro atoms. The zero-order valence-corrected chi connectivity index (χ0v) is 23.5. The summed E-state index contributed by atoms with van der Waals surface area (Å²) in [5.74, 6) is -0.471. The molecule has 0 aromatic carbocycles. The molecule has 0 amide bonds. The summed E-state index contributed by atoms with van der Waals surface area (Å²) < 4.78 is 38.3. The van der Waals surface area contributed by atoms with E-state index < -0.39 is 49.5 Å². The molecule has 162 valence electrons. The third-order valence-corrected chi connectivity index (χ3v) is 11.7. The molecule has 0 bridgehead atoms. The molecule has 0 radical (unpaired) electrons. The lowest BCUT2D eigenvalue weighted by atomic mass is 10.2. The normalized spacial score (nSPS) is 16.8. The number of rotatable bonds is 9. The van der Waals surface area contributed by atoms with E-state index >= 15 is 0 Å². The number of hydrogen-bond donors (Lipinski definition) is 0. The van der Waals surface area contributed by atoms with Crippen LogP contribution in [0.3, 0.4) is 0 Å². The van der Waals surface area contributed by atoms with Crippen LogP contribution in [0.1, 0.15) is 34.1 Å². The van der Waals surface area contributed by atoms with Crippen molar-refractivity contribution in [1.82, 2.24) is 0 Å². The molecule has 0 aromatic rings. The molecule has 0 rings (SSSR count). The van der Waals surface area contributed by atoms with Gasteiger partial charge in [-0.3, -0.25) is 9.36 Å². The molecule has 0 fully saturated rings. The molecule has 1 unspecified atom stereocenters. The smallest absolute Gasteiger partial charge is 0.342 e. The van der Waals surface area contributed by atoms with Crippen molar-refractivity contribution >= 4 is 38.5 Å². The van der Waals surface area contributed by atoms with Crippen molar-refractivity contribution in [2.45, 2.75) is 104 Å². The van der Waals surface area contributed by atoms with E-state index in [1.165, 1.54) is 0 Å².